The van der Waals surface area contributed by atoms with Gasteiger partial charge in [-0.1, -0.05) is 24.3 Å². The van der Waals surface area contributed by atoms with Gasteiger partial charge in [-0.15, -0.1) is 0 Å². The van der Waals surface area contributed by atoms with Crippen molar-refractivity contribution in [3.8, 4) is 5.88 Å². The van der Waals surface area contributed by atoms with Crippen LogP contribution in [0.25, 0.3) is 10.8 Å². The highest BCUT2D eigenvalue weighted by Crippen LogP contribution is 2.21. The van der Waals surface area contributed by atoms with E-state index in [1.807, 2.05) is 30.3 Å². The summed E-state index contributed by atoms with van der Waals surface area (Å²) in [7, 11) is 3.26. The minimum Gasteiger partial charge on any atom is -0.481 e. The number of anilines is 1. The SMILES string of the molecule is COc1ccc(N(C)C(=O)c2nccc3ccccc23)cn1. The number of carbonyl (C=O) groups excluding carboxylic acids is 1. The predicted molar refractivity (Wildman–Crippen MR) is 85.3 cm³/mol. The average Bonchev–Trinajstić information content (AvgIpc) is 2.60. The van der Waals surface area contributed by atoms with E-state index in [4.69, 9.17) is 4.74 Å². The average molecular weight is 293 g/mol. The van der Waals surface area contributed by atoms with Crippen LogP contribution in [0.1, 0.15) is 10.5 Å². The Kier molecular flexibility index (Phi) is 3.70. The van der Waals surface area contributed by atoms with Gasteiger partial charge in [-0.2, -0.15) is 0 Å². The summed E-state index contributed by atoms with van der Waals surface area (Å²) in [5.41, 5.74) is 1.11. The van der Waals surface area contributed by atoms with Crippen molar-refractivity contribution in [1.29, 1.82) is 0 Å². The first-order valence-corrected chi connectivity index (χ1v) is 6.82. The molecule has 110 valence electrons. The summed E-state index contributed by atoms with van der Waals surface area (Å²) in [5, 5.41) is 1.82. The number of benzene rings is 1. The second-order valence-corrected chi connectivity index (χ2v) is 4.80. The van der Waals surface area contributed by atoms with Gasteiger partial charge in [0, 0.05) is 24.7 Å². The Labute approximate surface area is 128 Å². The number of aromatic nitrogens is 2. The first-order chi connectivity index (χ1) is 10.7. The molecule has 0 N–H and O–H groups in total. The first kappa shape index (κ1) is 14.0. The largest absolute Gasteiger partial charge is 0.481 e. The van der Waals surface area contributed by atoms with Gasteiger partial charge in [0.15, 0.2) is 0 Å². The second-order valence-electron chi connectivity index (χ2n) is 4.80. The Bertz CT molecular complexity index is 810. The quantitative estimate of drug-likeness (QED) is 0.745. The van der Waals surface area contributed by atoms with Gasteiger partial charge in [0.2, 0.25) is 5.88 Å². The van der Waals surface area contributed by atoms with E-state index < -0.39 is 0 Å². The molecule has 0 aliphatic carbocycles. The van der Waals surface area contributed by atoms with Gasteiger partial charge in [-0.3, -0.25) is 9.78 Å². The highest BCUT2D eigenvalue weighted by atomic mass is 16.5. The number of ether oxygens (including phenoxy) is 1. The molecule has 0 saturated heterocycles. The monoisotopic (exact) mass is 293 g/mol. The molecule has 1 aromatic carbocycles. The molecule has 0 aliphatic rings. The van der Waals surface area contributed by atoms with Crippen molar-refractivity contribution in [2.75, 3.05) is 19.1 Å². The first-order valence-electron chi connectivity index (χ1n) is 6.82. The summed E-state index contributed by atoms with van der Waals surface area (Å²) in [5.74, 6) is 0.330. The molecule has 2 aromatic heterocycles. The van der Waals surface area contributed by atoms with Crippen LogP contribution >= 0.6 is 0 Å². The Morgan fingerprint density at radius 3 is 2.64 bits per heavy atom. The smallest absolute Gasteiger partial charge is 0.277 e. The standard InChI is InChI=1S/C17H15N3O2/c1-20(13-7-8-15(22-2)19-11-13)17(21)16-14-6-4-3-5-12(14)9-10-18-16/h3-11H,1-2H3. The maximum absolute atomic E-state index is 12.7. The molecule has 0 spiro atoms. The summed E-state index contributed by atoms with van der Waals surface area (Å²) >= 11 is 0. The molecule has 0 saturated carbocycles. The molecule has 2 heterocycles. The zero-order chi connectivity index (χ0) is 15.5. The molecule has 0 fully saturated rings. The minimum absolute atomic E-state index is 0.177. The maximum Gasteiger partial charge on any atom is 0.277 e. The topological polar surface area (TPSA) is 55.3 Å². The highest BCUT2D eigenvalue weighted by Gasteiger charge is 2.17. The number of pyridine rings is 2. The molecular formula is C17H15N3O2. The fraction of sp³-hybridized carbons (Fsp3) is 0.118. The third-order valence-corrected chi connectivity index (χ3v) is 3.50. The summed E-state index contributed by atoms with van der Waals surface area (Å²) in [6.45, 7) is 0. The number of hydrogen-bond acceptors (Lipinski definition) is 4. The van der Waals surface area contributed by atoms with Crippen LogP contribution in [0.15, 0.2) is 54.9 Å². The normalized spacial score (nSPS) is 10.5. The Morgan fingerprint density at radius 2 is 1.91 bits per heavy atom. The van der Waals surface area contributed by atoms with Gasteiger partial charge in [0.1, 0.15) is 5.69 Å². The number of nitrogens with zero attached hydrogens (tertiary/aromatic N) is 3. The molecule has 0 atom stereocenters. The van der Waals surface area contributed by atoms with E-state index in [1.165, 1.54) is 4.90 Å². The van der Waals surface area contributed by atoms with Crippen molar-refractivity contribution in [2.45, 2.75) is 0 Å². The van der Waals surface area contributed by atoms with Crippen molar-refractivity contribution in [3.05, 3.63) is 60.6 Å². The molecule has 3 aromatic rings. The van der Waals surface area contributed by atoms with Gasteiger partial charge in [-0.05, 0) is 17.5 Å². The molecule has 0 unspecified atom stereocenters. The molecule has 5 heteroatoms. The van der Waals surface area contributed by atoms with Gasteiger partial charge in [0.25, 0.3) is 5.91 Å². The third kappa shape index (κ3) is 2.48. The number of fused-ring (bicyclic) bond motifs is 1. The van der Waals surface area contributed by atoms with Crippen molar-refractivity contribution < 1.29 is 9.53 Å². The van der Waals surface area contributed by atoms with E-state index >= 15 is 0 Å². The maximum atomic E-state index is 12.7. The van der Waals surface area contributed by atoms with Crippen LogP contribution in [0.3, 0.4) is 0 Å². The lowest BCUT2D eigenvalue weighted by atomic mass is 10.1. The highest BCUT2D eigenvalue weighted by molar-refractivity contribution is 6.12. The molecule has 5 nitrogen and oxygen atoms in total. The Morgan fingerprint density at radius 1 is 1.09 bits per heavy atom. The van der Waals surface area contributed by atoms with Gasteiger partial charge >= 0.3 is 0 Å². The lowest BCUT2D eigenvalue weighted by Gasteiger charge is -2.17. The molecule has 0 radical (unpaired) electrons. The number of amides is 1. The van der Waals surface area contributed by atoms with Crippen molar-refractivity contribution in [1.82, 2.24) is 9.97 Å². The second kappa shape index (κ2) is 5.81. The number of hydrogen-bond donors (Lipinski definition) is 0. The van der Waals surface area contributed by atoms with Gasteiger partial charge in [0.05, 0.1) is 19.0 Å². The van der Waals surface area contributed by atoms with E-state index in [9.17, 15) is 4.79 Å². The molecule has 22 heavy (non-hydrogen) atoms. The van der Waals surface area contributed by atoms with Gasteiger partial charge < -0.3 is 9.64 Å². The molecule has 0 aliphatic heterocycles. The van der Waals surface area contributed by atoms with Crippen LogP contribution < -0.4 is 9.64 Å². The fourth-order valence-electron chi connectivity index (χ4n) is 2.26. The third-order valence-electron chi connectivity index (χ3n) is 3.50. The van der Waals surface area contributed by atoms with Crippen LogP contribution in [-0.2, 0) is 0 Å². The van der Waals surface area contributed by atoms with Crippen LogP contribution in [0, 0.1) is 0 Å². The zero-order valence-corrected chi connectivity index (χ0v) is 12.4. The van der Waals surface area contributed by atoms with E-state index in [1.54, 1.807) is 38.7 Å². The summed E-state index contributed by atoms with van der Waals surface area (Å²) in [4.78, 5) is 22.6. The minimum atomic E-state index is -0.177. The fourth-order valence-corrected chi connectivity index (χ4v) is 2.26. The van der Waals surface area contributed by atoms with E-state index in [2.05, 4.69) is 9.97 Å². The number of methoxy groups -OCH3 is 1. The molecule has 1 amide bonds. The number of rotatable bonds is 3. The lowest BCUT2D eigenvalue weighted by Crippen LogP contribution is -2.27. The molecule has 0 bridgehead atoms. The Hall–Kier alpha value is -2.95. The van der Waals surface area contributed by atoms with Gasteiger partial charge in [-0.25, -0.2) is 4.98 Å². The van der Waals surface area contributed by atoms with Crippen molar-refractivity contribution >= 4 is 22.4 Å². The van der Waals surface area contributed by atoms with E-state index in [-0.39, 0.29) is 5.91 Å². The lowest BCUT2D eigenvalue weighted by molar-refractivity contribution is 0.0990. The Balaban J connectivity index is 1.97. The summed E-state index contributed by atoms with van der Waals surface area (Å²) < 4.78 is 5.02. The predicted octanol–water partition coefficient (Wildman–Crippen LogP) is 2.92. The summed E-state index contributed by atoms with van der Waals surface area (Å²) in [6.07, 6.45) is 3.25. The van der Waals surface area contributed by atoms with E-state index in [0.717, 1.165) is 10.8 Å². The van der Waals surface area contributed by atoms with Crippen LogP contribution in [0.5, 0.6) is 5.88 Å². The van der Waals surface area contributed by atoms with Crippen molar-refractivity contribution in [2.24, 2.45) is 0 Å². The van der Waals surface area contributed by atoms with Crippen molar-refractivity contribution in [3.63, 3.8) is 0 Å². The van der Waals surface area contributed by atoms with Crippen LogP contribution in [0.2, 0.25) is 0 Å². The van der Waals surface area contributed by atoms with Crippen LogP contribution in [-0.4, -0.2) is 30.0 Å². The van der Waals surface area contributed by atoms with Crippen LogP contribution in [0.4, 0.5) is 5.69 Å². The zero-order valence-electron chi connectivity index (χ0n) is 12.4. The van der Waals surface area contributed by atoms with E-state index in [0.29, 0.717) is 17.3 Å². The summed E-state index contributed by atoms with van der Waals surface area (Å²) in [6, 6.07) is 13.1. The molecule has 3 rings (SSSR count). The molecular weight excluding hydrogens is 278 g/mol. The number of carbonyl (C=O) groups is 1.